The van der Waals surface area contributed by atoms with Crippen LogP contribution in [0.1, 0.15) is 0 Å². The van der Waals surface area contributed by atoms with Crippen LogP contribution in [0.25, 0.3) is 0 Å². The lowest BCUT2D eigenvalue weighted by molar-refractivity contribution is -0.115. The monoisotopic (exact) mass is 122 g/mol. The minimum absolute atomic E-state index is 0.0498. The van der Waals surface area contributed by atoms with Crippen LogP contribution in [0.4, 0.5) is 0 Å². The molecule has 0 spiro atoms. The molecule has 0 fully saturated rings. The molecule has 0 saturated heterocycles. The van der Waals surface area contributed by atoms with E-state index in [2.05, 4.69) is 4.52 Å². The third-order valence-corrected chi connectivity index (χ3v) is 0.617. The zero-order valence-electron chi connectivity index (χ0n) is 3.70. The van der Waals surface area contributed by atoms with Gasteiger partial charge in [-0.3, -0.25) is 0 Å². The van der Waals surface area contributed by atoms with E-state index in [0.29, 0.717) is 6.29 Å². The van der Waals surface area contributed by atoms with Gasteiger partial charge in [-0.1, -0.05) is 0 Å². The fourth-order valence-corrected chi connectivity index (χ4v) is 0.335. The molecule has 0 radical (unpaired) electrons. The first-order chi connectivity index (χ1) is 3.31. The van der Waals surface area contributed by atoms with E-state index in [1.165, 1.54) is 0 Å². The van der Waals surface area contributed by atoms with Gasteiger partial charge in [-0.15, -0.1) is 0 Å². The predicted octanol–water partition coefficient (Wildman–Crippen LogP) is -0.647. The smallest absolute Gasteiger partial charge is 0.150 e. The highest BCUT2D eigenvalue weighted by Crippen LogP contribution is 1.85. The van der Waals surface area contributed by atoms with Gasteiger partial charge in [0.25, 0.3) is 0 Å². The Morgan fingerprint density at radius 1 is 2.00 bits per heavy atom. The first-order valence-corrected chi connectivity index (χ1v) is 2.23. The molecule has 0 aliphatic rings. The van der Waals surface area contributed by atoms with Crippen LogP contribution in [-0.2, 0) is 9.32 Å². The van der Waals surface area contributed by atoms with Gasteiger partial charge in [0.2, 0.25) is 0 Å². The van der Waals surface area contributed by atoms with Crippen molar-refractivity contribution in [3.05, 3.63) is 0 Å². The number of aliphatic hydroxyl groups excluding tert-OH is 1. The van der Waals surface area contributed by atoms with Gasteiger partial charge < -0.3 is 14.4 Å². The number of carbonyl (C=O) groups is 1. The first-order valence-electron chi connectivity index (χ1n) is 1.76. The number of hydrogen-bond donors (Lipinski definition) is 1. The van der Waals surface area contributed by atoms with Crippen LogP contribution in [0.15, 0.2) is 0 Å². The fourth-order valence-electron chi connectivity index (χ4n) is 0.138. The number of carbonyl (C=O) groups excluding carboxylic acids is 1. The Morgan fingerprint density at radius 3 is 2.71 bits per heavy atom. The molecule has 7 heavy (non-hydrogen) atoms. The van der Waals surface area contributed by atoms with Crippen molar-refractivity contribution in [3.63, 3.8) is 0 Å². The van der Waals surface area contributed by atoms with Gasteiger partial charge in [0.15, 0.2) is 6.29 Å². The second-order valence-electron chi connectivity index (χ2n) is 1.04. The maximum absolute atomic E-state index is 9.56. The van der Waals surface area contributed by atoms with Gasteiger partial charge in [0, 0.05) is 9.47 Å². The molecule has 0 aliphatic heterocycles. The van der Waals surface area contributed by atoms with E-state index in [4.69, 9.17) is 5.11 Å². The molecule has 3 nitrogen and oxygen atoms in total. The Hall–Kier alpha value is 0.0200. The molecule has 0 heterocycles. The van der Waals surface area contributed by atoms with Crippen LogP contribution in [0.3, 0.4) is 0 Å². The summed E-state index contributed by atoms with van der Waals surface area (Å²) < 4.78 is 4.33. The predicted molar refractivity (Wildman–Crippen MR) is 27.7 cm³/mol. The lowest BCUT2D eigenvalue weighted by Gasteiger charge is -1.95. The summed E-state index contributed by atoms with van der Waals surface area (Å²) in [7, 11) is 1.93. The Bertz CT molecular complexity index is 56.1. The highest BCUT2D eigenvalue weighted by Gasteiger charge is 1.96. The van der Waals surface area contributed by atoms with Gasteiger partial charge in [-0.25, -0.2) is 0 Å². The molecule has 0 aliphatic carbocycles. The normalized spacial score (nSPS) is 13.4. The van der Waals surface area contributed by atoms with E-state index in [0.717, 1.165) is 0 Å². The van der Waals surface area contributed by atoms with Crippen LogP contribution < -0.4 is 0 Å². The summed E-state index contributed by atoms with van der Waals surface area (Å²) in [6.07, 6.45) is -0.554. The van der Waals surface area contributed by atoms with Crippen molar-refractivity contribution >= 4 is 15.8 Å². The van der Waals surface area contributed by atoms with Crippen molar-refractivity contribution in [3.8, 4) is 0 Å². The Balaban J connectivity index is 2.98. The molecular weight excluding hydrogens is 115 g/mol. The standard InChI is InChI=1S/C3H7O3P/c4-1-3(5)2-6-7/h1,3,5H,2,7H2. The van der Waals surface area contributed by atoms with E-state index in [-0.39, 0.29) is 6.61 Å². The second kappa shape index (κ2) is 4.19. The molecule has 0 amide bonds. The molecule has 0 rings (SSSR count). The van der Waals surface area contributed by atoms with E-state index >= 15 is 0 Å². The second-order valence-corrected chi connectivity index (χ2v) is 1.37. The van der Waals surface area contributed by atoms with Gasteiger partial charge in [-0.05, 0) is 0 Å². The van der Waals surface area contributed by atoms with Crippen molar-refractivity contribution in [2.45, 2.75) is 6.10 Å². The number of aliphatic hydroxyl groups is 1. The lowest BCUT2D eigenvalue weighted by atomic mass is 10.4. The topological polar surface area (TPSA) is 46.5 Å². The molecule has 0 aromatic rings. The molecule has 0 saturated carbocycles. The average Bonchev–Trinajstić information content (AvgIpc) is 1.68. The Labute approximate surface area is 44.0 Å². The maximum atomic E-state index is 9.56. The number of hydrogen-bond acceptors (Lipinski definition) is 3. The van der Waals surface area contributed by atoms with Gasteiger partial charge in [-0.2, -0.15) is 0 Å². The first kappa shape index (κ1) is 7.02. The molecular formula is C3H7O3P. The summed E-state index contributed by atoms with van der Waals surface area (Å²) in [6.45, 7) is 0.0498. The summed E-state index contributed by atoms with van der Waals surface area (Å²) >= 11 is 0. The molecule has 4 heteroatoms. The van der Waals surface area contributed by atoms with Crippen LogP contribution in [-0.4, -0.2) is 24.1 Å². The van der Waals surface area contributed by atoms with Crippen LogP contribution in [0, 0.1) is 0 Å². The summed E-state index contributed by atoms with van der Waals surface area (Å²) in [5.41, 5.74) is 0. The van der Waals surface area contributed by atoms with Crippen molar-refractivity contribution in [1.82, 2.24) is 0 Å². The average molecular weight is 122 g/mol. The van der Waals surface area contributed by atoms with Crippen molar-refractivity contribution < 1.29 is 14.4 Å². The molecule has 2 unspecified atom stereocenters. The van der Waals surface area contributed by atoms with E-state index in [1.807, 2.05) is 9.47 Å². The lowest BCUT2D eigenvalue weighted by Crippen LogP contribution is -2.12. The van der Waals surface area contributed by atoms with Gasteiger partial charge in [0.1, 0.15) is 6.10 Å². The van der Waals surface area contributed by atoms with E-state index in [9.17, 15) is 4.79 Å². The largest absolute Gasteiger partial charge is 0.383 e. The molecule has 2 atom stereocenters. The van der Waals surface area contributed by atoms with Crippen molar-refractivity contribution in [2.24, 2.45) is 0 Å². The number of aldehydes is 1. The summed E-state index contributed by atoms with van der Waals surface area (Å²) in [6, 6.07) is 0. The highest BCUT2D eigenvalue weighted by molar-refractivity contribution is 7.09. The van der Waals surface area contributed by atoms with Crippen molar-refractivity contribution in [1.29, 1.82) is 0 Å². The van der Waals surface area contributed by atoms with Crippen molar-refractivity contribution in [2.75, 3.05) is 6.61 Å². The summed E-state index contributed by atoms with van der Waals surface area (Å²) in [4.78, 5) is 9.56. The number of rotatable bonds is 3. The van der Waals surface area contributed by atoms with Gasteiger partial charge >= 0.3 is 0 Å². The fraction of sp³-hybridized carbons (Fsp3) is 0.667. The minimum Gasteiger partial charge on any atom is -0.383 e. The molecule has 0 aromatic heterocycles. The summed E-state index contributed by atoms with van der Waals surface area (Å²) in [5, 5.41) is 8.35. The molecule has 42 valence electrons. The maximum Gasteiger partial charge on any atom is 0.150 e. The van der Waals surface area contributed by atoms with Crippen LogP contribution in [0.5, 0.6) is 0 Å². The SMILES string of the molecule is O=CC(O)COP. The Morgan fingerprint density at radius 2 is 2.57 bits per heavy atom. The molecule has 0 aromatic carbocycles. The zero-order chi connectivity index (χ0) is 5.70. The highest BCUT2D eigenvalue weighted by atomic mass is 31.0. The van der Waals surface area contributed by atoms with E-state index in [1.54, 1.807) is 0 Å². The third-order valence-electron chi connectivity index (χ3n) is 0.424. The molecule has 1 N–H and O–H groups in total. The van der Waals surface area contributed by atoms with Gasteiger partial charge in [0.05, 0.1) is 6.61 Å². The third kappa shape index (κ3) is 3.86. The van der Waals surface area contributed by atoms with Crippen LogP contribution >= 0.6 is 9.47 Å². The minimum atomic E-state index is -0.975. The van der Waals surface area contributed by atoms with Crippen LogP contribution in [0.2, 0.25) is 0 Å². The Kier molecular flexibility index (Phi) is 4.20. The zero-order valence-corrected chi connectivity index (χ0v) is 4.86. The quantitative estimate of drug-likeness (QED) is 0.399. The van der Waals surface area contributed by atoms with E-state index < -0.39 is 6.10 Å². The summed E-state index contributed by atoms with van der Waals surface area (Å²) in [5.74, 6) is 0. The molecule has 0 bridgehead atoms.